The topological polar surface area (TPSA) is 49.9 Å². The largest absolute Gasteiger partial charge is 0.489 e. The van der Waals surface area contributed by atoms with Crippen LogP contribution in [-0.2, 0) is 0 Å². The Hall–Kier alpha value is -2.73. The van der Waals surface area contributed by atoms with Crippen molar-refractivity contribution in [3.63, 3.8) is 0 Å². The summed E-state index contributed by atoms with van der Waals surface area (Å²) in [5.41, 5.74) is 2.34. The van der Waals surface area contributed by atoms with Crippen LogP contribution in [0.25, 0.3) is 6.08 Å². The Balaban J connectivity index is 1.16. The standard InChI is InChI=1S/C25H34N4O2/c1-20(2)31-23-10-4-3-9-22(23)29-17-15-28(16-18-29)14-5-6-19-30-24-12-11-21-8-7-13-26-25(21)27-24/h3-4,7-12,20H,5-6,13-19H2,1-2H3,(H,26,27). The predicted octanol–water partition coefficient (Wildman–Crippen LogP) is 4.29. The molecule has 1 aromatic heterocycles. The maximum Gasteiger partial charge on any atom is 0.215 e. The molecule has 4 rings (SSSR count). The number of ether oxygens (including phenoxy) is 2. The number of fused-ring (bicyclic) bond motifs is 1. The van der Waals surface area contributed by atoms with E-state index in [2.05, 4.69) is 70.4 Å². The summed E-state index contributed by atoms with van der Waals surface area (Å²) in [6.45, 7) is 11.1. The van der Waals surface area contributed by atoms with Gasteiger partial charge in [0, 0.05) is 44.4 Å². The Morgan fingerprint density at radius 2 is 1.87 bits per heavy atom. The highest BCUT2D eigenvalue weighted by molar-refractivity contribution is 5.67. The van der Waals surface area contributed by atoms with Gasteiger partial charge in [-0.1, -0.05) is 24.3 Å². The van der Waals surface area contributed by atoms with E-state index in [9.17, 15) is 0 Å². The number of hydrogen-bond acceptors (Lipinski definition) is 6. The minimum absolute atomic E-state index is 0.189. The molecule has 1 N–H and O–H groups in total. The van der Waals surface area contributed by atoms with Gasteiger partial charge in [-0.2, -0.15) is 4.98 Å². The summed E-state index contributed by atoms with van der Waals surface area (Å²) in [5.74, 6) is 2.61. The Morgan fingerprint density at radius 1 is 1.03 bits per heavy atom. The molecule has 166 valence electrons. The lowest BCUT2D eigenvalue weighted by atomic mass is 10.2. The van der Waals surface area contributed by atoms with Crippen molar-refractivity contribution in [3.8, 4) is 11.6 Å². The summed E-state index contributed by atoms with van der Waals surface area (Å²) in [7, 11) is 0. The molecule has 0 atom stereocenters. The SMILES string of the molecule is CC(C)Oc1ccccc1N1CCN(CCCCOc2ccc3c(n2)NCC=C3)CC1. The maximum absolute atomic E-state index is 6.00. The monoisotopic (exact) mass is 422 g/mol. The van der Waals surface area contributed by atoms with Crippen LogP contribution in [-0.4, -0.2) is 61.9 Å². The molecule has 6 nitrogen and oxygen atoms in total. The molecule has 6 heteroatoms. The number of para-hydroxylation sites is 2. The number of aromatic nitrogens is 1. The number of rotatable bonds is 9. The molecular formula is C25H34N4O2. The molecule has 0 aliphatic carbocycles. The number of benzene rings is 1. The van der Waals surface area contributed by atoms with Crippen LogP contribution in [0.15, 0.2) is 42.5 Å². The molecule has 2 aliphatic heterocycles. The highest BCUT2D eigenvalue weighted by Gasteiger charge is 2.19. The second kappa shape index (κ2) is 10.5. The average Bonchev–Trinajstić information content (AvgIpc) is 2.79. The predicted molar refractivity (Wildman–Crippen MR) is 127 cm³/mol. The van der Waals surface area contributed by atoms with Crippen LogP contribution >= 0.6 is 0 Å². The second-order valence-electron chi connectivity index (χ2n) is 8.39. The van der Waals surface area contributed by atoms with E-state index in [1.807, 2.05) is 12.1 Å². The molecule has 2 aliphatic rings. The highest BCUT2D eigenvalue weighted by atomic mass is 16.5. The van der Waals surface area contributed by atoms with Gasteiger partial charge in [0.25, 0.3) is 0 Å². The van der Waals surface area contributed by atoms with Gasteiger partial charge < -0.3 is 19.7 Å². The zero-order valence-electron chi connectivity index (χ0n) is 18.7. The average molecular weight is 423 g/mol. The fourth-order valence-corrected chi connectivity index (χ4v) is 4.05. The summed E-state index contributed by atoms with van der Waals surface area (Å²) >= 11 is 0. The summed E-state index contributed by atoms with van der Waals surface area (Å²) < 4.78 is 11.9. The molecule has 3 heterocycles. The van der Waals surface area contributed by atoms with Gasteiger partial charge in [0.2, 0.25) is 5.88 Å². The highest BCUT2D eigenvalue weighted by Crippen LogP contribution is 2.29. The lowest BCUT2D eigenvalue weighted by molar-refractivity contribution is 0.230. The quantitative estimate of drug-likeness (QED) is 0.609. The van der Waals surface area contributed by atoms with Crippen molar-refractivity contribution in [1.82, 2.24) is 9.88 Å². The molecule has 1 saturated heterocycles. The van der Waals surface area contributed by atoms with E-state index in [-0.39, 0.29) is 6.10 Å². The first-order chi connectivity index (χ1) is 15.2. The first kappa shape index (κ1) is 21.5. The van der Waals surface area contributed by atoms with Gasteiger partial charge in [-0.25, -0.2) is 0 Å². The molecule has 0 bridgehead atoms. The van der Waals surface area contributed by atoms with Crippen molar-refractivity contribution >= 4 is 17.6 Å². The lowest BCUT2D eigenvalue weighted by Crippen LogP contribution is -2.46. The molecular weight excluding hydrogens is 388 g/mol. The van der Waals surface area contributed by atoms with E-state index in [0.717, 1.165) is 69.2 Å². The third kappa shape index (κ3) is 5.91. The Kier molecular flexibility index (Phi) is 7.30. The minimum Gasteiger partial charge on any atom is -0.489 e. The first-order valence-electron chi connectivity index (χ1n) is 11.5. The van der Waals surface area contributed by atoms with Crippen molar-refractivity contribution in [3.05, 3.63) is 48.0 Å². The van der Waals surface area contributed by atoms with E-state index in [1.165, 1.54) is 5.69 Å². The molecule has 0 radical (unpaired) electrons. The number of nitrogens with zero attached hydrogens (tertiary/aromatic N) is 3. The molecule has 0 spiro atoms. The molecule has 0 saturated carbocycles. The number of nitrogens with one attached hydrogen (secondary N) is 1. The third-order valence-electron chi connectivity index (χ3n) is 5.65. The van der Waals surface area contributed by atoms with Gasteiger partial charge >= 0.3 is 0 Å². The van der Waals surface area contributed by atoms with E-state index < -0.39 is 0 Å². The molecule has 2 aromatic rings. The van der Waals surface area contributed by atoms with Crippen molar-refractivity contribution in [2.24, 2.45) is 0 Å². The van der Waals surface area contributed by atoms with Crippen molar-refractivity contribution in [1.29, 1.82) is 0 Å². The fourth-order valence-electron chi connectivity index (χ4n) is 4.05. The summed E-state index contributed by atoms with van der Waals surface area (Å²) in [5, 5.41) is 3.28. The van der Waals surface area contributed by atoms with Crippen LogP contribution in [0.2, 0.25) is 0 Å². The van der Waals surface area contributed by atoms with Crippen molar-refractivity contribution < 1.29 is 9.47 Å². The number of unbranched alkanes of at least 4 members (excludes halogenated alkanes) is 1. The fraction of sp³-hybridized carbons (Fsp3) is 0.480. The van der Waals surface area contributed by atoms with Gasteiger partial charge in [-0.15, -0.1) is 0 Å². The molecule has 31 heavy (non-hydrogen) atoms. The van der Waals surface area contributed by atoms with E-state index >= 15 is 0 Å². The lowest BCUT2D eigenvalue weighted by Gasteiger charge is -2.37. The Labute approximate surface area is 185 Å². The van der Waals surface area contributed by atoms with Crippen LogP contribution in [0.4, 0.5) is 11.5 Å². The number of hydrogen-bond donors (Lipinski definition) is 1. The second-order valence-corrected chi connectivity index (χ2v) is 8.39. The molecule has 1 aromatic carbocycles. The summed E-state index contributed by atoms with van der Waals surface area (Å²) in [6.07, 6.45) is 6.56. The molecule has 0 unspecified atom stereocenters. The van der Waals surface area contributed by atoms with Crippen LogP contribution in [0, 0.1) is 0 Å². The van der Waals surface area contributed by atoms with Crippen molar-refractivity contribution in [2.75, 3.05) is 56.1 Å². The van der Waals surface area contributed by atoms with E-state index in [0.29, 0.717) is 12.5 Å². The summed E-state index contributed by atoms with van der Waals surface area (Å²) in [4.78, 5) is 9.55. The van der Waals surface area contributed by atoms with Gasteiger partial charge in [-0.05, 0) is 51.4 Å². The van der Waals surface area contributed by atoms with E-state index in [4.69, 9.17) is 9.47 Å². The van der Waals surface area contributed by atoms with Gasteiger partial charge in [0.15, 0.2) is 0 Å². The van der Waals surface area contributed by atoms with Gasteiger partial charge in [-0.3, -0.25) is 4.90 Å². The number of pyridine rings is 1. The first-order valence-corrected chi connectivity index (χ1v) is 11.5. The minimum atomic E-state index is 0.189. The van der Waals surface area contributed by atoms with Crippen LogP contribution < -0.4 is 19.7 Å². The smallest absolute Gasteiger partial charge is 0.215 e. The number of piperazine rings is 1. The van der Waals surface area contributed by atoms with E-state index in [1.54, 1.807) is 0 Å². The zero-order valence-corrected chi connectivity index (χ0v) is 18.7. The maximum atomic E-state index is 6.00. The number of anilines is 2. The van der Waals surface area contributed by atoms with Crippen LogP contribution in [0.5, 0.6) is 11.6 Å². The molecule has 0 amide bonds. The van der Waals surface area contributed by atoms with Crippen molar-refractivity contribution in [2.45, 2.75) is 32.8 Å². The molecule has 1 fully saturated rings. The van der Waals surface area contributed by atoms with Gasteiger partial charge in [0.05, 0.1) is 18.4 Å². The summed E-state index contributed by atoms with van der Waals surface area (Å²) in [6, 6.07) is 12.4. The van der Waals surface area contributed by atoms with Crippen LogP contribution in [0.1, 0.15) is 32.3 Å². The Bertz CT molecular complexity index is 876. The van der Waals surface area contributed by atoms with Gasteiger partial charge in [0.1, 0.15) is 11.6 Å². The third-order valence-corrected chi connectivity index (χ3v) is 5.65. The zero-order chi connectivity index (χ0) is 21.5. The Morgan fingerprint density at radius 3 is 2.71 bits per heavy atom. The normalized spacial score (nSPS) is 16.2. The van der Waals surface area contributed by atoms with Crippen LogP contribution in [0.3, 0.4) is 0 Å².